The van der Waals surface area contributed by atoms with Crippen molar-refractivity contribution in [1.29, 1.82) is 5.26 Å². The van der Waals surface area contributed by atoms with E-state index in [1.807, 2.05) is 0 Å². The van der Waals surface area contributed by atoms with E-state index in [9.17, 15) is 10.4 Å². The van der Waals surface area contributed by atoms with Crippen molar-refractivity contribution in [2.24, 2.45) is 23.2 Å². The molecule has 2 heteroatoms. The van der Waals surface area contributed by atoms with Gasteiger partial charge in [0.15, 0.2) is 0 Å². The van der Waals surface area contributed by atoms with Crippen molar-refractivity contribution in [2.45, 2.75) is 71.3 Å². The van der Waals surface area contributed by atoms with E-state index < -0.39 is 11.0 Å². The van der Waals surface area contributed by atoms with Crippen LogP contribution in [0.1, 0.15) is 65.7 Å². The highest BCUT2D eigenvalue weighted by Crippen LogP contribution is 2.56. The van der Waals surface area contributed by atoms with Crippen LogP contribution in [0, 0.1) is 34.5 Å². The van der Waals surface area contributed by atoms with E-state index in [0.717, 1.165) is 38.5 Å². The van der Waals surface area contributed by atoms with E-state index in [-0.39, 0.29) is 0 Å². The molecule has 18 heavy (non-hydrogen) atoms. The van der Waals surface area contributed by atoms with Crippen molar-refractivity contribution in [1.82, 2.24) is 0 Å². The first-order valence-corrected chi connectivity index (χ1v) is 7.59. The molecule has 0 saturated heterocycles. The van der Waals surface area contributed by atoms with Crippen molar-refractivity contribution in [3.8, 4) is 6.07 Å². The van der Waals surface area contributed by atoms with Crippen LogP contribution in [0.15, 0.2) is 0 Å². The van der Waals surface area contributed by atoms with Crippen LogP contribution in [0.25, 0.3) is 0 Å². The van der Waals surface area contributed by atoms with Crippen molar-refractivity contribution >= 4 is 0 Å². The molecule has 2 aliphatic carbocycles. The highest BCUT2D eigenvalue weighted by atomic mass is 16.3. The lowest BCUT2D eigenvalue weighted by molar-refractivity contribution is -0.136. The van der Waals surface area contributed by atoms with Gasteiger partial charge in [-0.15, -0.1) is 0 Å². The Labute approximate surface area is 111 Å². The Morgan fingerprint density at radius 1 is 1.22 bits per heavy atom. The molecule has 0 spiro atoms. The molecular formula is C16H27NO. The van der Waals surface area contributed by atoms with Gasteiger partial charge in [-0.05, 0) is 49.9 Å². The fraction of sp³-hybridized carbons (Fsp3) is 0.938. The molecular weight excluding hydrogens is 222 g/mol. The van der Waals surface area contributed by atoms with Crippen LogP contribution in [0.2, 0.25) is 0 Å². The first kappa shape index (κ1) is 13.9. The SMILES string of the molecule is CC1CCC(C#N)(C2(O)CCCCC2C(C)C)C1. The van der Waals surface area contributed by atoms with Crippen molar-refractivity contribution in [3.05, 3.63) is 0 Å². The zero-order chi connectivity index (χ0) is 13.4. The van der Waals surface area contributed by atoms with Crippen LogP contribution in [0.3, 0.4) is 0 Å². The number of aliphatic hydroxyl groups is 1. The second-order valence-electron chi connectivity index (χ2n) is 7.06. The third-order valence-corrected chi connectivity index (χ3v) is 5.54. The molecule has 2 nitrogen and oxygen atoms in total. The van der Waals surface area contributed by atoms with Crippen LogP contribution in [-0.4, -0.2) is 10.7 Å². The molecule has 4 unspecified atom stereocenters. The molecule has 2 saturated carbocycles. The third kappa shape index (κ3) is 1.97. The van der Waals surface area contributed by atoms with E-state index in [1.54, 1.807) is 0 Å². The summed E-state index contributed by atoms with van der Waals surface area (Å²) in [6.45, 7) is 6.62. The predicted molar refractivity (Wildman–Crippen MR) is 72.8 cm³/mol. The van der Waals surface area contributed by atoms with Crippen molar-refractivity contribution < 1.29 is 5.11 Å². The third-order valence-electron chi connectivity index (χ3n) is 5.54. The topological polar surface area (TPSA) is 44.0 Å². The van der Waals surface area contributed by atoms with Gasteiger partial charge in [-0.2, -0.15) is 5.26 Å². The second kappa shape index (κ2) is 4.85. The first-order valence-electron chi connectivity index (χ1n) is 7.59. The number of nitriles is 1. The standard InChI is InChI=1S/C16H27NO/c1-12(2)14-6-4-5-8-16(14,18)15(11-17)9-7-13(3)10-15/h12-14,18H,4-10H2,1-3H3. The second-order valence-corrected chi connectivity index (χ2v) is 7.06. The maximum Gasteiger partial charge on any atom is 0.0865 e. The summed E-state index contributed by atoms with van der Waals surface area (Å²) in [5.41, 5.74) is -1.21. The minimum atomic E-state index is -0.737. The minimum Gasteiger partial charge on any atom is -0.388 e. The maximum atomic E-state index is 11.3. The van der Waals surface area contributed by atoms with Crippen LogP contribution in [0.4, 0.5) is 0 Å². The van der Waals surface area contributed by atoms with Gasteiger partial charge < -0.3 is 5.11 Å². The van der Waals surface area contributed by atoms with Gasteiger partial charge in [-0.3, -0.25) is 0 Å². The molecule has 0 aliphatic heterocycles. The molecule has 2 aliphatic rings. The molecule has 0 radical (unpaired) electrons. The van der Waals surface area contributed by atoms with Crippen molar-refractivity contribution in [3.63, 3.8) is 0 Å². The molecule has 0 bridgehead atoms. The van der Waals surface area contributed by atoms with Crippen LogP contribution < -0.4 is 0 Å². The highest BCUT2D eigenvalue weighted by Gasteiger charge is 2.58. The van der Waals surface area contributed by atoms with Crippen molar-refractivity contribution in [2.75, 3.05) is 0 Å². The highest BCUT2D eigenvalue weighted by molar-refractivity contribution is 5.17. The summed E-state index contributed by atoms with van der Waals surface area (Å²) in [5.74, 6) is 1.36. The Hall–Kier alpha value is -0.550. The normalized spacial score (nSPS) is 45.1. The van der Waals surface area contributed by atoms with Gasteiger partial charge in [0, 0.05) is 0 Å². The summed E-state index contributed by atoms with van der Waals surface area (Å²) >= 11 is 0. The van der Waals surface area contributed by atoms with Gasteiger partial charge in [0.2, 0.25) is 0 Å². The lowest BCUT2D eigenvalue weighted by atomic mass is 9.57. The molecule has 102 valence electrons. The van der Waals surface area contributed by atoms with E-state index in [0.29, 0.717) is 17.8 Å². The molecule has 0 amide bonds. The molecule has 0 heterocycles. The summed E-state index contributed by atoms with van der Waals surface area (Å²) in [7, 11) is 0. The monoisotopic (exact) mass is 249 g/mol. The zero-order valence-electron chi connectivity index (χ0n) is 12.1. The summed E-state index contributed by atoms with van der Waals surface area (Å²) in [6, 6.07) is 2.55. The van der Waals surface area contributed by atoms with Gasteiger partial charge in [-0.25, -0.2) is 0 Å². The molecule has 2 rings (SSSR count). The Balaban J connectivity index is 2.35. The van der Waals surface area contributed by atoms with Crippen LogP contribution in [0.5, 0.6) is 0 Å². The maximum absolute atomic E-state index is 11.3. The predicted octanol–water partition coefficient (Wildman–Crippen LogP) is 3.89. The Morgan fingerprint density at radius 3 is 2.44 bits per heavy atom. The zero-order valence-corrected chi connectivity index (χ0v) is 12.1. The number of nitrogens with zero attached hydrogens (tertiary/aromatic N) is 1. The number of hydrogen-bond donors (Lipinski definition) is 1. The fourth-order valence-electron chi connectivity index (χ4n) is 4.55. The van der Waals surface area contributed by atoms with Gasteiger partial charge in [0.25, 0.3) is 0 Å². The van der Waals surface area contributed by atoms with E-state index in [4.69, 9.17) is 0 Å². The van der Waals surface area contributed by atoms with Gasteiger partial charge in [-0.1, -0.05) is 33.6 Å². The smallest absolute Gasteiger partial charge is 0.0865 e. The van der Waals surface area contributed by atoms with Crippen LogP contribution >= 0.6 is 0 Å². The van der Waals surface area contributed by atoms with Gasteiger partial charge >= 0.3 is 0 Å². The number of hydrogen-bond acceptors (Lipinski definition) is 2. The van der Waals surface area contributed by atoms with E-state index in [1.165, 1.54) is 6.42 Å². The molecule has 4 atom stereocenters. The van der Waals surface area contributed by atoms with Gasteiger partial charge in [0.1, 0.15) is 0 Å². The minimum absolute atomic E-state index is 0.302. The quantitative estimate of drug-likeness (QED) is 0.806. The van der Waals surface area contributed by atoms with Crippen LogP contribution in [-0.2, 0) is 0 Å². The Morgan fingerprint density at radius 2 is 1.94 bits per heavy atom. The molecule has 1 N–H and O–H groups in total. The Bertz CT molecular complexity index is 345. The molecule has 0 aromatic carbocycles. The summed E-state index contributed by atoms with van der Waals surface area (Å²) in [4.78, 5) is 0. The number of rotatable bonds is 2. The molecule has 0 aromatic rings. The summed E-state index contributed by atoms with van der Waals surface area (Å²) in [6.07, 6.45) is 7.09. The average Bonchev–Trinajstić information content (AvgIpc) is 2.73. The van der Waals surface area contributed by atoms with E-state index >= 15 is 0 Å². The summed E-state index contributed by atoms with van der Waals surface area (Å²) in [5, 5.41) is 21.1. The Kier molecular flexibility index (Phi) is 3.74. The lowest BCUT2D eigenvalue weighted by Crippen LogP contribution is -2.55. The summed E-state index contributed by atoms with van der Waals surface area (Å²) < 4.78 is 0. The fourth-order valence-corrected chi connectivity index (χ4v) is 4.55. The first-order chi connectivity index (χ1) is 8.45. The largest absolute Gasteiger partial charge is 0.388 e. The molecule has 2 fully saturated rings. The van der Waals surface area contributed by atoms with E-state index in [2.05, 4.69) is 26.8 Å². The van der Waals surface area contributed by atoms with Gasteiger partial charge in [0.05, 0.1) is 17.1 Å². The average molecular weight is 249 g/mol. The molecule has 0 aromatic heterocycles. The lowest BCUT2D eigenvalue weighted by Gasteiger charge is -2.50.